The molecule has 0 aliphatic rings. The van der Waals surface area contributed by atoms with Gasteiger partial charge in [-0.25, -0.2) is 14.4 Å². The van der Waals surface area contributed by atoms with Crippen molar-refractivity contribution >= 4 is 17.1 Å². The lowest BCUT2D eigenvalue weighted by atomic mass is 9.94. The summed E-state index contributed by atoms with van der Waals surface area (Å²) in [6.45, 7) is 3.42. The maximum Gasteiger partial charge on any atom is 0.310 e. The van der Waals surface area contributed by atoms with Gasteiger partial charge in [-0.2, -0.15) is 5.10 Å². The first kappa shape index (κ1) is 21.5. The maximum absolute atomic E-state index is 13.6. The number of halogens is 1. The van der Waals surface area contributed by atoms with E-state index in [0.717, 1.165) is 5.56 Å². The number of aliphatic carboxylic acids is 1. The smallest absolute Gasteiger partial charge is 0.310 e. The summed E-state index contributed by atoms with van der Waals surface area (Å²) in [4.78, 5) is 20.5. The van der Waals surface area contributed by atoms with Crippen LogP contribution >= 0.6 is 0 Å². The molecule has 8 heteroatoms. The van der Waals surface area contributed by atoms with Crippen molar-refractivity contribution in [2.75, 3.05) is 0 Å². The summed E-state index contributed by atoms with van der Waals surface area (Å²) in [7, 11) is 0. The molecule has 7 nitrogen and oxygen atoms in total. The number of nitrogens with zero attached hydrogens (tertiary/aromatic N) is 4. The molecule has 34 heavy (non-hydrogen) atoms. The standard InChI is InChI=1S/C26H21FN4O3/c1-26(2,25(32)33)14-31-13-20(22(30-31)17-8-10-18(27)11-9-17)23-19-12-21(16-6-4-3-5-7-16)34-24(19)29-15-28-23/h3-13,15H,14H2,1-2H3,(H,32,33). The molecule has 0 spiro atoms. The minimum Gasteiger partial charge on any atom is -0.481 e. The van der Waals surface area contributed by atoms with E-state index >= 15 is 0 Å². The Kier molecular flexibility index (Phi) is 5.20. The van der Waals surface area contributed by atoms with Crippen LogP contribution in [-0.4, -0.2) is 30.8 Å². The minimum absolute atomic E-state index is 0.144. The molecule has 1 N–H and O–H groups in total. The molecule has 0 saturated carbocycles. The molecule has 3 heterocycles. The van der Waals surface area contributed by atoms with E-state index < -0.39 is 11.4 Å². The first-order valence-corrected chi connectivity index (χ1v) is 10.7. The number of hydrogen-bond donors (Lipinski definition) is 1. The summed E-state index contributed by atoms with van der Waals surface area (Å²) >= 11 is 0. The Morgan fingerprint density at radius 2 is 1.76 bits per heavy atom. The van der Waals surface area contributed by atoms with Crippen molar-refractivity contribution in [1.29, 1.82) is 0 Å². The van der Waals surface area contributed by atoms with Crippen LogP contribution in [0.15, 0.2) is 77.6 Å². The summed E-state index contributed by atoms with van der Waals surface area (Å²) in [6, 6.07) is 17.5. The molecule has 2 aromatic carbocycles. The van der Waals surface area contributed by atoms with Crippen LogP contribution in [0.25, 0.3) is 44.9 Å². The van der Waals surface area contributed by atoms with Crippen molar-refractivity contribution < 1.29 is 18.7 Å². The Balaban J connectivity index is 1.68. The monoisotopic (exact) mass is 456 g/mol. The lowest BCUT2D eigenvalue weighted by molar-refractivity contribution is -0.147. The number of fused-ring (bicyclic) bond motifs is 1. The molecule has 0 aliphatic carbocycles. The van der Waals surface area contributed by atoms with E-state index in [9.17, 15) is 14.3 Å². The van der Waals surface area contributed by atoms with Crippen LogP contribution in [-0.2, 0) is 11.3 Å². The molecule has 0 fully saturated rings. The lowest BCUT2D eigenvalue weighted by Gasteiger charge is -2.18. The second-order valence-corrected chi connectivity index (χ2v) is 8.70. The first-order valence-electron chi connectivity index (χ1n) is 10.7. The molecule has 0 amide bonds. The molecular weight excluding hydrogens is 435 g/mol. The number of furan rings is 1. The third-order valence-corrected chi connectivity index (χ3v) is 5.66. The van der Waals surface area contributed by atoms with Gasteiger partial charge in [0.2, 0.25) is 5.71 Å². The number of carboxylic acid groups (broad SMARTS) is 1. The Morgan fingerprint density at radius 3 is 2.47 bits per heavy atom. The Bertz CT molecular complexity index is 1490. The predicted molar refractivity (Wildman–Crippen MR) is 125 cm³/mol. The van der Waals surface area contributed by atoms with Gasteiger partial charge in [-0.3, -0.25) is 9.48 Å². The van der Waals surface area contributed by atoms with Crippen molar-refractivity contribution in [1.82, 2.24) is 19.7 Å². The molecule has 0 saturated heterocycles. The van der Waals surface area contributed by atoms with E-state index in [2.05, 4.69) is 15.1 Å². The highest BCUT2D eigenvalue weighted by atomic mass is 19.1. The highest BCUT2D eigenvalue weighted by molar-refractivity contribution is 5.95. The number of carboxylic acids is 1. The van der Waals surface area contributed by atoms with Crippen molar-refractivity contribution in [3.63, 3.8) is 0 Å². The van der Waals surface area contributed by atoms with Gasteiger partial charge in [0, 0.05) is 22.9 Å². The van der Waals surface area contributed by atoms with Crippen molar-refractivity contribution in [3.8, 4) is 33.8 Å². The topological polar surface area (TPSA) is 94.0 Å². The largest absolute Gasteiger partial charge is 0.481 e. The van der Waals surface area contributed by atoms with Crippen LogP contribution in [0.2, 0.25) is 0 Å². The first-order chi connectivity index (χ1) is 16.3. The van der Waals surface area contributed by atoms with E-state index in [1.54, 1.807) is 36.9 Å². The summed E-state index contributed by atoms with van der Waals surface area (Å²) < 4.78 is 21.2. The van der Waals surface area contributed by atoms with E-state index in [1.165, 1.54) is 18.5 Å². The van der Waals surface area contributed by atoms with Crippen LogP contribution in [0.5, 0.6) is 0 Å². The van der Waals surface area contributed by atoms with Crippen LogP contribution in [0.4, 0.5) is 4.39 Å². The molecule has 5 rings (SSSR count). The summed E-state index contributed by atoms with van der Waals surface area (Å²) in [5, 5.41) is 14.9. The molecule has 0 bridgehead atoms. The fraction of sp³-hybridized carbons (Fsp3) is 0.154. The third kappa shape index (κ3) is 3.94. The second-order valence-electron chi connectivity index (χ2n) is 8.70. The van der Waals surface area contributed by atoms with Crippen molar-refractivity contribution in [2.24, 2.45) is 5.41 Å². The van der Waals surface area contributed by atoms with E-state index in [-0.39, 0.29) is 12.4 Å². The molecule has 0 atom stereocenters. The zero-order valence-corrected chi connectivity index (χ0v) is 18.6. The highest BCUT2D eigenvalue weighted by Crippen LogP contribution is 2.37. The molecule has 170 valence electrons. The molecule has 3 aromatic heterocycles. The van der Waals surface area contributed by atoms with Gasteiger partial charge in [-0.15, -0.1) is 0 Å². The SMILES string of the molecule is CC(C)(Cn1cc(-c2ncnc3oc(-c4ccccc4)cc23)c(-c2ccc(F)cc2)n1)C(=O)O. The maximum atomic E-state index is 13.6. The zero-order valence-electron chi connectivity index (χ0n) is 18.6. The van der Waals surface area contributed by atoms with Crippen molar-refractivity contribution in [2.45, 2.75) is 20.4 Å². The van der Waals surface area contributed by atoms with Gasteiger partial charge in [0.15, 0.2) is 0 Å². The normalized spacial score (nSPS) is 11.7. The fourth-order valence-corrected chi connectivity index (χ4v) is 3.78. The summed E-state index contributed by atoms with van der Waals surface area (Å²) in [6.07, 6.45) is 3.18. The zero-order chi connectivity index (χ0) is 23.9. The third-order valence-electron chi connectivity index (χ3n) is 5.66. The van der Waals surface area contributed by atoms with Crippen LogP contribution in [0.3, 0.4) is 0 Å². The fourth-order valence-electron chi connectivity index (χ4n) is 3.78. The highest BCUT2D eigenvalue weighted by Gasteiger charge is 2.29. The Hall–Kier alpha value is -4.33. The number of benzene rings is 2. The quantitative estimate of drug-likeness (QED) is 0.354. The Morgan fingerprint density at radius 1 is 1.03 bits per heavy atom. The van der Waals surface area contributed by atoms with Gasteiger partial charge >= 0.3 is 5.97 Å². The van der Waals surface area contributed by atoms with Crippen LogP contribution in [0.1, 0.15) is 13.8 Å². The molecular formula is C26H21FN4O3. The Labute approximate surface area is 194 Å². The average Bonchev–Trinajstić information content (AvgIpc) is 3.44. The number of hydrogen-bond acceptors (Lipinski definition) is 5. The van der Waals surface area contributed by atoms with Gasteiger partial charge in [-0.1, -0.05) is 30.3 Å². The van der Waals surface area contributed by atoms with Gasteiger partial charge in [0.25, 0.3) is 0 Å². The van der Waals surface area contributed by atoms with Gasteiger partial charge in [0.1, 0.15) is 23.6 Å². The average molecular weight is 456 g/mol. The van der Waals surface area contributed by atoms with E-state index in [4.69, 9.17) is 4.42 Å². The number of rotatable bonds is 6. The van der Waals surface area contributed by atoms with Crippen molar-refractivity contribution in [3.05, 3.63) is 79.0 Å². The van der Waals surface area contributed by atoms with Crippen LogP contribution < -0.4 is 0 Å². The van der Waals surface area contributed by atoms with E-state index in [1.807, 2.05) is 36.4 Å². The molecule has 0 radical (unpaired) electrons. The molecule has 5 aromatic rings. The van der Waals surface area contributed by atoms with E-state index in [0.29, 0.717) is 39.4 Å². The second kappa shape index (κ2) is 8.22. The number of carbonyl (C=O) groups is 1. The van der Waals surface area contributed by atoms with Gasteiger partial charge in [0.05, 0.1) is 23.0 Å². The summed E-state index contributed by atoms with van der Waals surface area (Å²) in [5.41, 5.74) is 2.79. The predicted octanol–water partition coefficient (Wildman–Crippen LogP) is 5.67. The van der Waals surface area contributed by atoms with Gasteiger partial charge < -0.3 is 9.52 Å². The molecule has 0 unspecified atom stereocenters. The number of aromatic nitrogens is 4. The van der Waals surface area contributed by atoms with Gasteiger partial charge in [-0.05, 0) is 44.2 Å². The molecule has 0 aliphatic heterocycles. The summed E-state index contributed by atoms with van der Waals surface area (Å²) in [5.74, 6) is -0.636. The lowest BCUT2D eigenvalue weighted by Crippen LogP contribution is -2.29. The van der Waals surface area contributed by atoms with Crippen LogP contribution in [0, 0.1) is 11.2 Å². The minimum atomic E-state index is -1.04.